The zero-order valence-electron chi connectivity index (χ0n) is 4.72. The Morgan fingerprint density at radius 2 is 2.25 bits per heavy atom. The molecule has 0 aromatic heterocycles. The highest BCUT2D eigenvalue weighted by Crippen LogP contribution is 2.29. The van der Waals surface area contributed by atoms with Gasteiger partial charge in [-0.1, -0.05) is 0 Å². The normalized spacial score (nSPS) is 18.1. The van der Waals surface area contributed by atoms with Gasteiger partial charge in [-0.15, -0.1) is 0 Å². The number of hydrogen-bond acceptors (Lipinski definition) is 3. The highest BCUT2D eigenvalue weighted by atomic mass is 17.2. The van der Waals surface area contributed by atoms with Gasteiger partial charge in [0.15, 0.2) is 0 Å². The first kappa shape index (κ1) is 5.56. The van der Waals surface area contributed by atoms with Gasteiger partial charge in [0.2, 0.25) is 0 Å². The molecule has 1 fully saturated rings. The van der Waals surface area contributed by atoms with E-state index in [1.807, 2.05) is 0 Å². The first-order valence-electron chi connectivity index (χ1n) is 2.59. The van der Waals surface area contributed by atoms with Gasteiger partial charge in [-0.05, 0) is 12.8 Å². The molecule has 0 heterocycles. The van der Waals surface area contributed by atoms with Crippen LogP contribution >= 0.6 is 0 Å². The van der Waals surface area contributed by atoms with Gasteiger partial charge in [-0.3, -0.25) is 4.89 Å². The summed E-state index contributed by atoms with van der Waals surface area (Å²) in [6, 6.07) is 0. The Balaban J connectivity index is 2.13. The van der Waals surface area contributed by atoms with Crippen molar-refractivity contribution >= 4 is 5.97 Å². The third-order valence-corrected chi connectivity index (χ3v) is 1.08. The quantitative estimate of drug-likeness (QED) is 0.389. The fourth-order valence-electron chi connectivity index (χ4n) is 0.469. The number of rotatable bonds is 2. The molecule has 0 N–H and O–H groups in total. The van der Waals surface area contributed by atoms with Gasteiger partial charge < -0.3 is 0 Å². The largest absolute Gasteiger partial charge is 0.345 e. The first-order chi connectivity index (χ1) is 3.84. The molecule has 0 unspecified atom stereocenters. The topological polar surface area (TPSA) is 35.5 Å². The molecule has 8 heavy (non-hydrogen) atoms. The molecular formula is C5H8O3. The van der Waals surface area contributed by atoms with Crippen molar-refractivity contribution in [1.82, 2.24) is 0 Å². The molecule has 1 aliphatic carbocycles. The van der Waals surface area contributed by atoms with Crippen LogP contribution in [0.1, 0.15) is 12.8 Å². The summed E-state index contributed by atoms with van der Waals surface area (Å²) in [4.78, 5) is 18.8. The van der Waals surface area contributed by atoms with E-state index in [1.165, 1.54) is 7.11 Å². The number of carbonyl (C=O) groups is 1. The molecule has 0 atom stereocenters. The van der Waals surface area contributed by atoms with E-state index in [1.54, 1.807) is 0 Å². The molecule has 1 saturated carbocycles. The maximum absolute atomic E-state index is 10.5. The van der Waals surface area contributed by atoms with Crippen LogP contribution < -0.4 is 0 Å². The smallest absolute Gasteiger partial charge is 0.298 e. The van der Waals surface area contributed by atoms with Crippen molar-refractivity contribution in [1.29, 1.82) is 0 Å². The zero-order chi connectivity index (χ0) is 5.98. The molecule has 46 valence electrons. The van der Waals surface area contributed by atoms with E-state index in [0.717, 1.165) is 12.8 Å². The third-order valence-electron chi connectivity index (χ3n) is 1.08. The molecule has 0 amide bonds. The second kappa shape index (κ2) is 2.13. The monoisotopic (exact) mass is 116 g/mol. The van der Waals surface area contributed by atoms with Crippen LogP contribution in [-0.4, -0.2) is 13.1 Å². The van der Waals surface area contributed by atoms with Crippen LogP contribution in [0.25, 0.3) is 0 Å². The summed E-state index contributed by atoms with van der Waals surface area (Å²) in [7, 11) is 1.33. The summed E-state index contributed by atoms with van der Waals surface area (Å²) in [5.74, 6) is -0.0950. The number of carbonyl (C=O) groups excluding carboxylic acids is 1. The van der Waals surface area contributed by atoms with E-state index in [9.17, 15) is 4.79 Å². The van der Waals surface area contributed by atoms with Crippen LogP contribution in [0.4, 0.5) is 0 Å². The van der Waals surface area contributed by atoms with Crippen molar-refractivity contribution in [2.24, 2.45) is 5.92 Å². The van der Waals surface area contributed by atoms with Gasteiger partial charge in [0.1, 0.15) is 0 Å². The molecule has 1 aliphatic rings. The molecule has 3 nitrogen and oxygen atoms in total. The first-order valence-corrected chi connectivity index (χ1v) is 2.59. The van der Waals surface area contributed by atoms with Gasteiger partial charge in [0.05, 0.1) is 13.0 Å². The molecular weight excluding hydrogens is 108 g/mol. The van der Waals surface area contributed by atoms with E-state index in [2.05, 4.69) is 9.78 Å². The summed E-state index contributed by atoms with van der Waals surface area (Å²) >= 11 is 0. The Bertz CT molecular complexity index is 95.8. The van der Waals surface area contributed by atoms with Gasteiger partial charge in [0.25, 0.3) is 0 Å². The Morgan fingerprint density at radius 1 is 1.62 bits per heavy atom. The van der Waals surface area contributed by atoms with Crippen LogP contribution in [0, 0.1) is 5.92 Å². The van der Waals surface area contributed by atoms with E-state index in [0.29, 0.717) is 0 Å². The molecule has 1 rings (SSSR count). The molecule has 0 bridgehead atoms. The Morgan fingerprint density at radius 3 is 2.62 bits per heavy atom. The lowest BCUT2D eigenvalue weighted by molar-refractivity contribution is -0.256. The fraction of sp³-hybridized carbons (Fsp3) is 0.800. The van der Waals surface area contributed by atoms with Crippen LogP contribution in [0.2, 0.25) is 0 Å². The van der Waals surface area contributed by atoms with E-state index in [4.69, 9.17) is 0 Å². The minimum absolute atomic E-state index is 0.134. The average molecular weight is 116 g/mol. The molecule has 0 spiro atoms. The predicted octanol–water partition coefficient (Wildman–Crippen LogP) is 0.501. The lowest BCUT2D eigenvalue weighted by Crippen LogP contribution is -2.04. The summed E-state index contributed by atoms with van der Waals surface area (Å²) in [5, 5.41) is 0. The number of hydrogen-bond donors (Lipinski definition) is 0. The average Bonchev–Trinajstić information content (AvgIpc) is 2.45. The molecule has 0 aromatic rings. The van der Waals surface area contributed by atoms with Crippen molar-refractivity contribution in [3.63, 3.8) is 0 Å². The van der Waals surface area contributed by atoms with E-state index in [-0.39, 0.29) is 11.9 Å². The molecule has 0 aromatic carbocycles. The van der Waals surface area contributed by atoms with E-state index >= 15 is 0 Å². The van der Waals surface area contributed by atoms with Gasteiger partial charge in [-0.2, -0.15) is 4.89 Å². The van der Waals surface area contributed by atoms with Crippen molar-refractivity contribution in [2.75, 3.05) is 7.11 Å². The van der Waals surface area contributed by atoms with Crippen LogP contribution in [-0.2, 0) is 14.6 Å². The standard InChI is InChI=1S/C5H8O3/c1-7-8-5(6)4-2-3-4/h4H,2-3H2,1H3. The molecule has 0 radical (unpaired) electrons. The lowest BCUT2D eigenvalue weighted by Gasteiger charge is -1.93. The minimum atomic E-state index is -0.229. The van der Waals surface area contributed by atoms with Crippen molar-refractivity contribution in [3.8, 4) is 0 Å². The van der Waals surface area contributed by atoms with Gasteiger partial charge >= 0.3 is 5.97 Å². The lowest BCUT2D eigenvalue weighted by atomic mass is 10.5. The maximum Gasteiger partial charge on any atom is 0.345 e. The molecule has 3 heteroatoms. The third kappa shape index (κ3) is 1.20. The Kier molecular flexibility index (Phi) is 1.48. The van der Waals surface area contributed by atoms with Gasteiger partial charge in [-0.25, -0.2) is 4.79 Å². The highest BCUT2D eigenvalue weighted by Gasteiger charge is 2.31. The van der Waals surface area contributed by atoms with E-state index < -0.39 is 0 Å². The van der Waals surface area contributed by atoms with Crippen LogP contribution in [0.3, 0.4) is 0 Å². The minimum Gasteiger partial charge on any atom is -0.298 e. The maximum atomic E-state index is 10.5. The summed E-state index contributed by atoms with van der Waals surface area (Å²) in [5.41, 5.74) is 0. The summed E-state index contributed by atoms with van der Waals surface area (Å²) in [6.45, 7) is 0. The molecule has 0 aliphatic heterocycles. The Labute approximate surface area is 47.5 Å². The van der Waals surface area contributed by atoms with Crippen molar-refractivity contribution in [3.05, 3.63) is 0 Å². The molecule has 0 saturated heterocycles. The SMILES string of the molecule is COOC(=O)C1CC1. The van der Waals surface area contributed by atoms with Gasteiger partial charge in [0, 0.05) is 0 Å². The van der Waals surface area contributed by atoms with Crippen molar-refractivity contribution in [2.45, 2.75) is 12.8 Å². The zero-order valence-corrected chi connectivity index (χ0v) is 4.72. The summed E-state index contributed by atoms with van der Waals surface area (Å²) < 4.78 is 0. The fourth-order valence-corrected chi connectivity index (χ4v) is 0.469. The van der Waals surface area contributed by atoms with Crippen molar-refractivity contribution < 1.29 is 14.6 Å². The second-order valence-electron chi connectivity index (χ2n) is 1.84. The highest BCUT2D eigenvalue weighted by molar-refractivity contribution is 5.74. The van der Waals surface area contributed by atoms with Crippen LogP contribution in [0.15, 0.2) is 0 Å². The Hall–Kier alpha value is -0.570. The van der Waals surface area contributed by atoms with Crippen LogP contribution in [0.5, 0.6) is 0 Å². The predicted molar refractivity (Wildman–Crippen MR) is 25.8 cm³/mol. The summed E-state index contributed by atoms with van der Waals surface area (Å²) in [6.07, 6.45) is 1.92. The second-order valence-corrected chi connectivity index (χ2v) is 1.84.